The van der Waals surface area contributed by atoms with Crippen LogP contribution in [0, 0.1) is 6.92 Å². The Labute approximate surface area is 125 Å². The summed E-state index contributed by atoms with van der Waals surface area (Å²) < 4.78 is 0. The fourth-order valence-corrected chi connectivity index (χ4v) is 2.14. The van der Waals surface area contributed by atoms with Gasteiger partial charge in [-0.2, -0.15) is 0 Å². The van der Waals surface area contributed by atoms with Gasteiger partial charge in [-0.05, 0) is 30.7 Å². The number of nitrogens with zero attached hydrogens (tertiary/aromatic N) is 1. The van der Waals surface area contributed by atoms with E-state index in [-0.39, 0.29) is 0 Å². The third-order valence-electron chi connectivity index (χ3n) is 2.52. The van der Waals surface area contributed by atoms with E-state index in [1.54, 1.807) is 12.1 Å². The first-order chi connectivity index (χ1) is 9.01. The summed E-state index contributed by atoms with van der Waals surface area (Å²) in [4.78, 5) is 4.20. The molecule has 0 amide bonds. The second-order valence-corrected chi connectivity index (χ2v) is 5.13. The van der Waals surface area contributed by atoms with Crippen LogP contribution in [-0.2, 0) is 0 Å². The average Bonchev–Trinajstić information content (AvgIpc) is 2.37. The number of aryl methyl sites for hydroxylation is 1. The lowest BCUT2D eigenvalue weighted by molar-refractivity contribution is 1.22. The van der Waals surface area contributed by atoms with Gasteiger partial charge in [0.2, 0.25) is 0 Å². The van der Waals surface area contributed by atoms with Gasteiger partial charge in [-0.25, -0.2) is 10.8 Å². The highest BCUT2D eigenvalue weighted by atomic mass is 35.5. The van der Waals surface area contributed by atoms with E-state index < -0.39 is 0 Å². The third kappa shape index (κ3) is 3.22. The normalized spacial score (nSPS) is 10.4. The highest BCUT2D eigenvalue weighted by Crippen LogP contribution is 2.32. The number of aromatic nitrogens is 1. The van der Waals surface area contributed by atoms with Crippen LogP contribution in [-0.4, -0.2) is 4.98 Å². The topological polar surface area (TPSA) is 63.0 Å². The molecule has 4 nitrogen and oxygen atoms in total. The summed E-state index contributed by atoms with van der Waals surface area (Å²) in [6, 6.07) is 7.06. The quantitative estimate of drug-likeness (QED) is 0.580. The number of nitrogens with two attached hydrogens (primary N) is 1. The average molecular weight is 318 g/mol. The van der Waals surface area contributed by atoms with E-state index in [2.05, 4.69) is 15.7 Å². The Hall–Kier alpha value is -1.20. The number of pyridine rings is 1. The van der Waals surface area contributed by atoms with Crippen molar-refractivity contribution < 1.29 is 0 Å². The molecule has 4 N–H and O–H groups in total. The number of nitrogens with one attached hydrogen (secondary N) is 2. The van der Waals surface area contributed by atoms with Gasteiger partial charge in [-0.1, -0.05) is 40.9 Å². The Morgan fingerprint density at radius 1 is 1.05 bits per heavy atom. The smallest absolute Gasteiger partial charge is 0.161 e. The molecule has 2 aromatic rings. The maximum Gasteiger partial charge on any atom is 0.161 e. The number of halogens is 3. The van der Waals surface area contributed by atoms with Crippen molar-refractivity contribution in [2.24, 2.45) is 5.84 Å². The summed E-state index contributed by atoms with van der Waals surface area (Å²) in [5.74, 6) is 6.12. The summed E-state index contributed by atoms with van der Waals surface area (Å²) in [6.45, 7) is 1.95. The zero-order valence-electron chi connectivity index (χ0n) is 9.97. The summed E-state index contributed by atoms with van der Waals surface area (Å²) in [5, 5.41) is 4.46. The summed E-state index contributed by atoms with van der Waals surface area (Å²) in [6.07, 6.45) is 0. The molecule has 0 fully saturated rings. The van der Waals surface area contributed by atoms with E-state index >= 15 is 0 Å². The third-order valence-corrected chi connectivity index (χ3v) is 3.33. The van der Waals surface area contributed by atoms with E-state index in [1.165, 1.54) is 0 Å². The number of anilines is 3. The number of hydrogen-bond donors (Lipinski definition) is 3. The predicted octanol–water partition coefficient (Wildman–Crippen LogP) is 4.38. The molecule has 1 heterocycles. The van der Waals surface area contributed by atoms with Crippen LogP contribution in [0.4, 0.5) is 17.3 Å². The molecule has 0 atom stereocenters. The van der Waals surface area contributed by atoms with E-state index in [1.807, 2.05) is 19.1 Å². The molecular formula is C12H11Cl3N4. The fourth-order valence-electron chi connectivity index (χ4n) is 1.51. The molecule has 0 radical (unpaired) electrons. The van der Waals surface area contributed by atoms with Crippen molar-refractivity contribution in [3.8, 4) is 0 Å². The van der Waals surface area contributed by atoms with Crippen molar-refractivity contribution >= 4 is 52.1 Å². The van der Waals surface area contributed by atoms with Gasteiger partial charge >= 0.3 is 0 Å². The minimum Gasteiger partial charge on any atom is -0.339 e. The monoisotopic (exact) mass is 316 g/mol. The van der Waals surface area contributed by atoms with Crippen molar-refractivity contribution in [2.75, 3.05) is 10.7 Å². The van der Waals surface area contributed by atoms with Gasteiger partial charge < -0.3 is 10.7 Å². The van der Waals surface area contributed by atoms with Crippen LogP contribution >= 0.6 is 34.8 Å². The molecule has 2 rings (SSSR count). The molecule has 19 heavy (non-hydrogen) atoms. The van der Waals surface area contributed by atoms with Gasteiger partial charge in [0, 0.05) is 10.7 Å². The Balaban J connectivity index is 2.40. The minimum atomic E-state index is 0.341. The lowest BCUT2D eigenvalue weighted by atomic mass is 10.2. The molecule has 100 valence electrons. The van der Waals surface area contributed by atoms with Gasteiger partial charge in [0.1, 0.15) is 0 Å². The SMILES string of the molecule is Cc1ccc(Cl)cc1Nc1nc(NN)c(Cl)cc1Cl. The van der Waals surface area contributed by atoms with Crippen LogP contribution in [0.1, 0.15) is 5.56 Å². The molecule has 0 aliphatic carbocycles. The van der Waals surface area contributed by atoms with Crippen molar-refractivity contribution in [3.05, 3.63) is 44.9 Å². The number of hydrogen-bond acceptors (Lipinski definition) is 4. The van der Waals surface area contributed by atoms with Crippen LogP contribution in [0.5, 0.6) is 0 Å². The van der Waals surface area contributed by atoms with Crippen LogP contribution in [0.2, 0.25) is 15.1 Å². The Bertz CT molecular complexity index is 616. The Morgan fingerprint density at radius 3 is 2.42 bits per heavy atom. The molecule has 0 bridgehead atoms. The van der Waals surface area contributed by atoms with E-state index in [0.717, 1.165) is 11.3 Å². The molecule has 1 aromatic heterocycles. The van der Waals surface area contributed by atoms with Gasteiger partial charge in [0.25, 0.3) is 0 Å². The maximum absolute atomic E-state index is 6.09. The summed E-state index contributed by atoms with van der Waals surface area (Å²) in [7, 11) is 0. The number of rotatable bonds is 3. The van der Waals surface area contributed by atoms with E-state index in [0.29, 0.717) is 26.7 Å². The molecular weight excluding hydrogens is 307 g/mol. The van der Waals surface area contributed by atoms with Crippen LogP contribution in [0.25, 0.3) is 0 Å². The first kappa shape index (κ1) is 14.2. The zero-order chi connectivity index (χ0) is 14.0. The zero-order valence-corrected chi connectivity index (χ0v) is 12.2. The van der Waals surface area contributed by atoms with Crippen LogP contribution in [0.15, 0.2) is 24.3 Å². The molecule has 0 saturated heterocycles. The van der Waals surface area contributed by atoms with Crippen molar-refractivity contribution in [3.63, 3.8) is 0 Å². The molecule has 7 heteroatoms. The van der Waals surface area contributed by atoms with Gasteiger partial charge in [0.15, 0.2) is 11.6 Å². The number of benzene rings is 1. The first-order valence-corrected chi connectivity index (χ1v) is 6.50. The van der Waals surface area contributed by atoms with Crippen LogP contribution < -0.4 is 16.6 Å². The van der Waals surface area contributed by atoms with Gasteiger partial charge in [0.05, 0.1) is 10.0 Å². The maximum atomic E-state index is 6.09. The first-order valence-electron chi connectivity index (χ1n) is 5.37. The second-order valence-electron chi connectivity index (χ2n) is 3.88. The Morgan fingerprint density at radius 2 is 1.74 bits per heavy atom. The number of hydrazine groups is 1. The molecule has 0 saturated carbocycles. The summed E-state index contributed by atoms with van der Waals surface area (Å²) >= 11 is 18.0. The number of nitrogen functional groups attached to an aromatic ring is 1. The highest BCUT2D eigenvalue weighted by molar-refractivity contribution is 6.37. The van der Waals surface area contributed by atoms with Gasteiger partial charge in [-0.3, -0.25) is 0 Å². The lowest BCUT2D eigenvalue weighted by Crippen LogP contribution is -2.10. The molecule has 0 spiro atoms. The van der Waals surface area contributed by atoms with E-state index in [9.17, 15) is 0 Å². The molecule has 0 unspecified atom stereocenters. The second kappa shape index (κ2) is 5.84. The van der Waals surface area contributed by atoms with Crippen LogP contribution in [0.3, 0.4) is 0 Å². The van der Waals surface area contributed by atoms with E-state index in [4.69, 9.17) is 40.6 Å². The highest BCUT2D eigenvalue weighted by Gasteiger charge is 2.10. The van der Waals surface area contributed by atoms with Crippen molar-refractivity contribution in [2.45, 2.75) is 6.92 Å². The summed E-state index contributed by atoms with van der Waals surface area (Å²) in [5.41, 5.74) is 4.23. The largest absolute Gasteiger partial charge is 0.339 e. The van der Waals surface area contributed by atoms with Crippen molar-refractivity contribution in [1.82, 2.24) is 4.98 Å². The predicted molar refractivity (Wildman–Crippen MR) is 81.5 cm³/mol. The molecule has 0 aliphatic rings. The molecule has 0 aliphatic heterocycles. The Kier molecular flexibility index (Phi) is 4.37. The standard InChI is InChI=1S/C12H11Cl3N4/c1-6-2-3-7(13)4-10(6)17-11-8(14)5-9(15)12(18-11)19-16/h2-5H,16H2,1H3,(H2,17,18,19). The lowest BCUT2D eigenvalue weighted by Gasteiger charge is -2.12. The minimum absolute atomic E-state index is 0.341. The van der Waals surface area contributed by atoms with Gasteiger partial charge in [-0.15, -0.1) is 0 Å². The van der Waals surface area contributed by atoms with Crippen molar-refractivity contribution in [1.29, 1.82) is 0 Å². The molecule has 1 aromatic carbocycles. The fraction of sp³-hybridized carbons (Fsp3) is 0.0833.